The largest absolute Gasteiger partial charge is 0.389 e. The van der Waals surface area contributed by atoms with Crippen LogP contribution in [0, 0.1) is 0 Å². The van der Waals surface area contributed by atoms with Crippen LogP contribution in [0.2, 0.25) is 0 Å². The molecule has 1 aromatic heterocycles. The standard InChI is InChI=1S/C10H13N3O2S2/c11-9(16)8-2-1-4-12-10(8)13-7-3-5-17(14,15)6-7/h1-2,4,7H,3,5-6H2,(H2,11,16)(H,12,13). The molecule has 0 radical (unpaired) electrons. The van der Waals surface area contributed by atoms with Crippen molar-refractivity contribution in [1.29, 1.82) is 0 Å². The molecule has 1 aliphatic heterocycles. The molecule has 0 bridgehead atoms. The summed E-state index contributed by atoms with van der Waals surface area (Å²) < 4.78 is 22.7. The van der Waals surface area contributed by atoms with Gasteiger partial charge in [0.2, 0.25) is 0 Å². The second kappa shape index (κ2) is 4.58. The maximum atomic E-state index is 11.3. The van der Waals surface area contributed by atoms with Gasteiger partial charge in [0.05, 0.1) is 17.1 Å². The third kappa shape index (κ3) is 2.92. The lowest BCUT2D eigenvalue weighted by Crippen LogP contribution is -2.24. The Balaban J connectivity index is 2.17. The summed E-state index contributed by atoms with van der Waals surface area (Å²) in [5.41, 5.74) is 6.22. The first kappa shape index (κ1) is 12.3. The van der Waals surface area contributed by atoms with Crippen molar-refractivity contribution in [2.24, 2.45) is 5.73 Å². The summed E-state index contributed by atoms with van der Waals surface area (Å²) in [6.07, 6.45) is 2.21. The van der Waals surface area contributed by atoms with Gasteiger partial charge >= 0.3 is 0 Å². The van der Waals surface area contributed by atoms with E-state index in [2.05, 4.69) is 10.3 Å². The third-order valence-corrected chi connectivity index (χ3v) is 4.63. The van der Waals surface area contributed by atoms with E-state index in [1.807, 2.05) is 0 Å². The van der Waals surface area contributed by atoms with Crippen LogP contribution >= 0.6 is 12.2 Å². The number of thiocarbonyl (C=S) groups is 1. The normalized spacial score (nSPS) is 22.2. The molecule has 0 spiro atoms. The average Bonchev–Trinajstić information content (AvgIpc) is 2.58. The molecule has 17 heavy (non-hydrogen) atoms. The highest BCUT2D eigenvalue weighted by molar-refractivity contribution is 7.91. The maximum Gasteiger partial charge on any atom is 0.152 e. The SMILES string of the molecule is NC(=S)c1cccnc1NC1CCS(=O)(=O)C1. The first-order chi connectivity index (χ1) is 7.98. The number of anilines is 1. The minimum absolute atomic E-state index is 0.108. The molecule has 1 aliphatic rings. The number of nitrogens with one attached hydrogen (secondary N) is 1. The van der Waals surface area contributed by atoms with E-state index >= 15 is 0 Å². The predicted octanol–water partition coefficient (Wildman–Crippen LogP) is 0.315. The van der Waals surface area contributed by atoms with Crippen molar-refractivity contribution in [2.45, 2.75) is 12.5 Å². The lowest BCUT2D eigenvalue weighted by Gasteiger charge is -2.14. The minimum Gasteiger partial charge on any atom is -0.389 e. The number of rotatable bonds is 3. The van der Waals surface area contributed by atoms with Crippen molar-refractivity contribution in [3.05, 3.63) is 23.9 Å². The Morgan fingerprint density at radius 3 is 2.94 bits per heavy atom. The van der Waals surface area contributed by atoms with Crippen LogP contribution in [0.3, 0.4) is 0 Å². The molecule has 5 nitrogen and oxygen atoms in total. The van der Waals surface area contributed by atoms with Gasteiger partial charge in [-0.1, -0.05) is 12.2 Å². The fraction of sp³-hybridized carbons (Fsp3) is 0.400. The lowest BCUT2D eigenvalue weighted by atomic mass is 10.2. The molecule has 0 amide bonds. The molecule has 7 heteroatoms. The topological polar surface area (TPSA) is 85.1 Å². The highest BCUT2D eigenvalue weighted by atomic mass is 32.2. The van der Waals surface area contributed by atoms with Crippen molar-refractivity contribution in [3.63, 3.8) is 0 Å². The van der Waals surface area contributed by atoms with E-state index in [4.69, 9.17) is 18.0 Å². The Kier molecular flexibility index (Phi) is 3.30. The number of pyridine rings is 1. The van der Waals surface area contributed by atoms with E-state index in [1.165, 1.54) is 0 Å². The zero-order valence-corrected chi connectivity index (χ0v) is 10.7. The fourth-order valence-electron chi connectivity index (χ4n) is 1.82. The van der Waals surface area contributed by atoms with Gasteiger partial charge in [-0.15, -0.1) is 0 Å². The molecule has 1 unspecified atom stereocenters. The third-order valence-electron chi connectivity index (χ3n) is 2.65. The summed E-state index contributed by atoms with van der Waals surface area (Å²) >= 11 is 4.92. The highest BCUT2D eigenvalue weighted by Crippen LogP contribution is 2.18. The van der Waals surface area contributed by atoms with Crippen molar-refractivity contribution >= 4 is 32.9 Å². The van der Waals surface area contributed by atoms with Crippen LogP contribution in [0.25, 0.3) is 0 Å². The molecule has 1 saturated heterocycles. The quantitative estimate of drug-likeness (QED) is 0.770. The lowest BCUT2D eigenvalue weighted by molar-refractivity contribution is 0.602. The fourth-order valence-corrected chi connectivity index (χ4v) is 3.66. The summed E-state index contributed by atoms with van der Waals surface area (Å²) in [6, 6.07) is 3.40. The molecular formula is C10H13N3O2S2. The summed E-state index contributed by atoms with van der Waals surface area (Å²) in [4.78, 5) is 4.39. The molecule has 0 saturated carbocycles. The summed E-state index contributed by atoms with van der Waals surface area (Å²) in [7, 11) is -2.90. The van der Waals surface area contributed by atoms with Gasteiger partial charge in [0, 0.05) is 12.2 Å². The summed E-state index contributed by atoms with van der Waals surface area (Å²) in [5, 5.41) is 3.09. The molecule has 2 rings (SSSR count). The van der Waals surface area contributed by atoms with Crippen LogP contribution < -0.4 is 11.1 Å². The van der Waals surface area contributed by atoms with Crippen LogP contribution in [0.5, 0.6) is 0 Å². The maximum absolute atomic E-state index is 11.3. The van der Waals surface area contributed by atoms with Gasteiger partial charge in [0.25, 0.3) is 0 Å². The van der Waals surface area contributed by atoms with E-state index in [0.29, 0.717) is 17.8 Å². The number of nitrogens with zero attached hydrogens (tertiary/aromatic N) is 1. The van der Waals surface area contributed by atoms with Crippen LogP contribution in [0.15, 0.2) is 18.3 Å². The molecule has 92 valence electrons. The van der Waals surface area contributed by atoms with Crippen molar-refractivity contribution in [1.82, 2.24) is 4.98 Å². The Morgan fingerprint density at radius 2 is 2.35 bits per heavy atom. The molecular weight excluding hydrogens is 258 g/mol. The monoisotopic (exact) mass is 271 g/mol. The van der Waals surface area contributed by atoms with Crippen LogP contribution in [-0.4, -0.2) is 35.9 Å². The predicted molar refractivity (Wildman–Crippen MR) is 70.8 cm³/mol. The van der Waals surface area contributed by atoms with Gasteiger partial charge in [-0.05, 0) is 18.6 Å². The van der Waals surface area contributed by atoms with Crippen LogP contribution in [0.1, 0.15) is 12.0 Å². The Bertz CT molecular complexity index is 542. The van der Waals surface area contributed by atoms with Crippen molar-refractivity contribution in [3.8, 4) is 0 Å². The Morgan fingerprint density at radius 1 is 1.59 bits per heavy atom. The number of hydrogen-bond acceptors (Lipinski definition) is 5. The first-order valence-electron chi connectivity index (χ1n) is 5.20. The van der Waals surface area contributed by atoms with Gasteiger partial charge in [0.1, 0.15) is 10.8 Å². The van der Waals surface area contributed by atoms with E-state index in [0.717, 1.165) is 0 Å². The van der Waals surface area contributed by atoms with Gasteiger partial charge in [-0.25, -0.2) is 13.4 Å². The number of aromatic nitrogens is 1. The number of sulfone groups is 1. The molecule has 1 fully saturated rings. The molecule has 0 aliphatic carbocycles. The van der Waals surface area contributed by atoms with E-state index in [-0.39, 0.29) is 22.5 Å². The molecule has 3 N–H and O–H groups in total. The molecule has 1 aromatic rings. The molecule has 0 aromatic carbocycles. The zero-order valence-electron chi connectivity index (χ0n) is 9.09. The average molecular weight is 271 g/mol. The smallest absolute Gasteiger partial charge is 0.152 e. The number of hydrogen-bond donors (Lipinski definition) is 2. The second-order valence-electron chi connectivity index (χ2n) is 4.01. The van der Waals surface area contributed by atoms with E-state index in [9.17, 15) is 8.42 Å². The van der Waals surface area contributed by atoms with Crippen molar-refractivity contribution < 1.29 is 8.42 Å². The van der Waals surface area contributed by atoms with E-state index in [1.54, 1.807) is 18.3 Å². The Hall–Kier alpha value is -1.21. The van der Waals surface area contributed by atoms with Gasteiger partial charge < -0.3 is 11.1 Å². The number of nitrogens with two attached hydrogens (primary N) is 1. The summed E-state index contributed by atoms with van der Waals surface area (Å²) in [5.74, 6) is 0.919. The highest BCUT2D eigenvalue weighted by Gasteiger charge is 2.28. The Labute approximate surface area is 105 Å². The van der Waals surface area contributed by atoms with Gasteiger partial charge in [0.15, 0.2) is 9.84 Å². The zero-order chi connectivity index (χ0) is 12.5. The van der Waals surface area contributed by atoms with Crippen LogP contribution in [-0.2, 0) is 9.84 Å². The first-order valence-corrected chi connectivity index (χ1v) is 7.43. The van der Waals surface area contributed by atoms with Crippen LogP contribution in [0.4, 0.5) is 5.82 Å². The van der Waals surface area contributed by atoms with Crippen molar-refractivity contribution in [2.75, 3.05) is 16.8 Å². The minimum atomic E-state index is -2.90. The van der Waals surface area contributed by atoms with Gasteiger partial charge in [-0.2, -0.15) is 0 Å². The second-order valence-corrected chi connectivity index (χ2v) is 6.68. The summed E-state index contributed by atoms with van der Waals surface area (Å²) in [6.45, 7) is 0. The van der Waals surface area contributed by atoms with E-state index < -0.39 is 9.84 Å². The van der Waals surface area contributed by atoms with Gasteiger partial charge in [-0.3, -0.25) is 0 Å². The molecule has 2 heterocycles. The molecule has 1 atom stereocenters.